The number of rotatable bonds is 20. The van der Waals surface area contributed by atoms with E-state index in [1.807, 2.05) is 42.5 Å². The zero-order valence-electron chi connectivity index (χ0n) is 33.3. The van der Waals surface area contributed by atoms with Gasteiger partial charge in [-0.25, -0.2) is 22.7 Å². The van der Waals surface area contributed by atoms with Crippen molar-refractivity contribution < 1.29 is 46.9 Å². The Hall–Kier alpha value is -5.02. The van der Waals surface area contributed by atoms with Crippen molar-refractivity contribution in [3.63, 3.8) is 0 Å². The third-order valence-electron chi connectivity index (χ3n) is 10.6. The van der Waals surface area contributed by atoms with Crippen molar-refractivity contribution in [1.82, 2.24) is 25.2 Å². The highest BCUT2D eigenvalue weighted by atomic mass is 32.2. The van der Waals surface area contributed by atoms with Gasteiger partial charge in [0.15, 0.2) is 0 Å². The third-order valence-corrected chi connectivity index (χ3v) is 13.7. The van der Waals surface area contributed by atoms with Gasteiger partial charge in [0.05, 0.1) is 17.2 Å². The van der Waals surface area contributed by atoms with E-state index in [4.69, 9.17) is 4.74 Å². The van der Waals surface area contributed by atoms with E-state index in [0.717, 1.165) is 27.3 Å². The molecule has 1 saturated carbocycles. The number of carboxylic acid groups (broad SMARTS) is 1. The monoisotopic (exact) mass is 851 g/mol. The van der Waals surface area contributed by atoms with Crippen molar-refractivity contribution in [2.45, 2.75) is 89.2 Å². The number of nitrogens with one attached hydrogen (secondary N) is 4. The molecule has 0 aliphatic heterocycles. The summed E-state index contributed by atoms with van der Waals surface area (Å²) in [6, 6.07) is 23.3. The second kappa shape index (κ2) is 20.3. The fourth-order valence-corrected chi connectivity index (χ4v) is 10.8. The van der Waals surface area contributed by atoms with Crippen molar-refractivity contribution in [2.75, 3.05) is 19.0 Å². The Morgan fingerprint density at radius 1 is 0.881 bits per heavy atom. The van der Waals surface area contributed by atoms with Crippen LogP contribution in [0.3, 0.4) is 0 Å². The Kier molecular flexibility index (Phi) is 15.5. The molecule has 59 heavy (non-hydrogen) atoms. The Morgan fingerprint density at radius 2 is 1.51 bits per heavy atom. The number of fused-ring (bicyclic) bond motifs is 1. The molecular formula is C42H54N5O10PS. The molecule has 4 aromatic rings. The molecule has 17 heteroatoms. The van der Waals surface area contributed by atoms with Crippen molar-refractivity contribution >= 4 is 52.3 Å². The van der Waals surface area contributed by atoms with Crippen molar-refractivity contribution in [3.05, 3.63) is 108 Å². The summed E-state index contributed by atoms with van der Waals surface area (Å²) in [5.41, 5.74) is 1.52. The summed E-state index contributed by atoms with van der Waals surface area (Å²) in [5.74, 6) is -2.54. The van der Waals surface area contributed by atoms with Gasteiger partial charge in [-0.1, -0.05) is 91.7 Å². The zero-order valence-corrected chi connectivity index (χ0v) is 35.1. The molecule has 1 heterocycles. The van der Waals surface area contributed by atoms with Crippen LogP contribution in [0.5, 0.6) is 0 Å². The lowest BCUT2D eigenvalue weighted by molar-refractivity contribution is -0.130. The van der Waals surface area contributed by atoms with Gasteiger partial charge in [-0.2, -0.15) is 0 Å². The average Bonchev–Trinajstić information content (AvgIpc) is 3.82. The molecule has 3 amide bonds. The quantitative estimate of drug-likeness (QED) is 0.0467. The Morgan fingerprint density at radius 3 is 2.15 bits per heavy atom. The van der Waals surface area contributed by atoms with E-state index in [0.29, 0.717) is 56.0 Å². The van der Waals surface area contributed by atoms with E-state index >= 15 is 0 Å². The second-order valence-electron chi connectivity index (χ2n) is 15.4. The van der Waals surface area contributed by atoms with E-state index in [1.165, 1.54) is 6.20 Å². The maximum atomic E-state index is 14.6. The van der Waals surface area contributed by atoms with Crippen LogP contribution in [0.25, 0.3) is 10.9 Å². The van der Waals surface area contributed by atoms with E-state index in [9.17, 15) is 42.2 Å². The predicted octanol–water partition coefficient (Wildman–Crippen LogP) is 5.74. The number of hydrogen-bond acceptors (Lipinski definition) is 8. The van der Waals surface area contributed by atoms with Crippen LogP contribution in [0.1, 0.15) is 68.6 Å². The highest BCUT2D eigenvalue weighted by Gasteiger charge is 2.49. The summed E-state index contributed by atoms with van der Waals surface area (Å²) in [4.78, 5) is 64.1. The van der Waals surface area contributed by atoms with Crippen LogP contribution in [-0.4, -0.2) is 83.8 Å². The van der Waals surface area contributed by atoms with Crippen LogP contribution in [0.15, 0.2) is 91.1 Å². The first-order valence-corrected chi connectivity index (χ1v) is 23.6. The number of ether oxygens (including phenoxy) is 1. The summed E-state index contributed by atoms with van der Waals surface area (Å²) in [7, 11) is -8.30. The lowest BCUT2D eigenvalue weighted by Crippen LogP contribution is -2.51. The van der Waals surface area contributed by atoms with Crippen molar-refractivity contribution in [3.8, 4) is 0 Å². The molecular weight excluding hydrogens is 798 g/mol. The van der Waals surface area contributed by atoms with E-state index in [1.54, 1.807) is 49.4 Å². The summed E-state index contributed by atoms with van der Waals surface area (Å²) >= 11 is 0. The number of benzene rings is 3. The van der Waals surface area contributed by atoms with Gasteiger partial charge in [0.2, 0.25) is 29.2 Å². The van der Waals surface area contributed by atoms with Crippen molar-refractivity contribution in [1.29, 1.82) is 0 Å². The zero-order chi connectivity index (χ0) is 42.6. The van der Waals surface area contributed by atoms with E-state index in [-0.39, 0.29) is 26.0 Å². The minimum Gasteiger partial charge on any atom is -0.464 e. The summed E-state index contributed by atoms with van der Waals surface area (Å²) < 4.78 is 48.1. The molecule has 1 unspecified atom stereocenters. The van der Waals surface area contributed by atoms with Gasteiger partial charge in [-0.05, 0) is 68.2 Å². The minimum atomic E-state index is -4.41. The van der Waals surface area contributed by atoms with Crippen LogP contribution in [-0.2, 0) is 48.4 Å². The van der Waals surface area contributed by atoms with Crippen LogP contribution >= 0.6 is 7.37 Å². The first-order chi connectivity index (χ1) is 28.0. The SMILES string of the molecule is C[C@H](Cc1cn(C(=O)O)c2ccccc12)NC(=O)C1(CP(=O)(O)[C@H](Cc2ccccc2)NC(=O)[C@H](CCCCNC(=O)OCc2ccccc2)NS(C)(=O)=O)CCCC1. The maximum absolute atomic E-state index is 14.6. The number of amides is 3. The Labute approximate surface area is 344 Å². The average molecular weight is 852 g/mol. The first kappa shape index (κ1) is 45.1. The molecule has 15 nitrogen and oxygen atoms in total. The molecule has 0 bridgehead atoms. The summed E-state index contributed by atoms with van der Waals surface area (Å²) in [5, 5.41) is 18.8. The number of sulfonamides is 1. The normalized spacial score (nSPS) is 16.3. The van der Waals surface area contributed by atoms with Crippen LogP contribution < -0.4 is 20.7 Å². The second-order valence-corrected chi connectivity index (χ2v) is 19.7. The summed E-state index contributed by atoms with van der Waals surface area (Å²) in [6.45, 7) is 2.10. The molecule has 3 aromatic carbocycles. The summed E-state index contributed by atoms with van der Waals surface area (Å²) in [6.07, 6.45) is 3.31. The predicted molar refractivity (Wildman–Crippen MR) is 225 cm³/mol. The van der Waals surface area contributed by atoms with Gasteiger partial charge >= 0.3 is 12.2 Å². The van der Waals surface area contributed by atoms with E-state index < -0.39 is 70.8 Å². The van der Waals surface area contributed by atoms with Crippen LogP contribution in [0.4, 0.5) is 9.59 Å². The number of aromatic nitrogens is 1. The number of carbonyl (C=O) groups excluding carboxylic acids is 3. The number of carbonyl (C=O) groups is 4. The molecule has 0 spiro atoms. The van der Waals surface area contributed by atoms with Crippen LogP contribution in [0.2, 0.25) is 0 Å². The van der Waals surface area contributed by atoms with Gasteiger partial charge in [0.25, 0.3) is 0 Å². The molecule has 1 aromatic heterocycles. The van der Waals surface area contributed by atoms with Gasteiger partial charge in [0.1, 0.15) is 18.4 Å². The fraction of sp³-hybridized carbons (Fsp3) is 0.429. The smallest absolute Gasteiger partial charge is 0.416 e. The first-order valence-electron chi connectivity index (χ1n) is 19.8. The molecule has 0 saturated heterocycles. The molecule has 4 atom stereocenters. The van der Waals surface area contributed by atoms with Gasteiger partial charge in [0, 0.05) is 36.8 Å². The Bertz CT molecular complexity index is 2230. The van der Waals surface area contributed by atoms with Gasteiger partial charge in [-0.3, -0.25) is 18.7 Å². The molecule has 318 valence electrons. The topological polar surface area (TPSA) is 222 Å². The van der Waals surface area contributed by atoms with Gasteiger partial charge < -0.3 is 30.7 Å². The number of para-hydroxylation sites is 1. The maximum Gasteiger partial charge on any atom is 0.416 e. The third kappa shape index (κ3) is 13.0. The highest BCUT2D eigenvalue weighted by Crippen LogP contribution is 2.55. The van der Waals surface area contributed by atoms with Crippen LogP contribution in [0, 0.1) is 5.41 Å². The molecule has 1 aliphatic carbocycles. The lowest BCUT2D eigenvalue weighted by Gasteiger charge is -2.34. The fourth-order valence-electron chi connectivity index (χ4n) is 7.72. The molecule has 0 radical (unpaired) electrons. The van der Waals surface area contributed by atoms with E-state index in [2.05, 4.69) is 20.7 Å². The number of unbranched alkanes of at least 4 members (excludes halogenated alkanes) is 1. The number of alkyl carbamates (subject to hydrolysis) is 1. The number of hydrogen-bond donors (Lipinski definition) is 6. The largest absolute Gasteiger partial charge is 0.464 e. The van der Waals surface area contributed by atoms with Crippen molar-refractivity contribution in [2.24, 2.45) is 5.41 Å². The molecule has 5 rings (SSSR count). The molecule has 1 fully saturated rings. The molecule has 1 aliphatic rings. The minimum absolute atomic E-state index is 0.0306. The van der Waals surface area contributed by atoms with Gasteiger partial charge in [-0.15, -0.1) is 0 Å². The lowest BCUT2D eigenvalue weighted by atomic mass is 9.87. The molecule has 6 N–H and O–H groups in total. The number of nitrogens with zero attached hydrogens (tertiary/aromatic N) is 1. The standard InChI is InChI=1S/C42H54N5O10PS/c1-30(25-33-27-47(41(51)52)36-21-10-9-19-34(33)36)44-39(49)42(22-12-13-23-42)29-58(53,54)37(26-31-15-5-3-6-16-31)45-38(48)35(46-59(2,55)56)20-11-14-24-43-40(50)57-28-32-17-7-4-8-18-32/h3-10,15-19,21,27,30,35,37,46H,11-14,20,22-26,28-29H2,1-2H3,(H,43,50)(H,44,49)(H,45,48)(H,51,52)(H,53,54)/t30-,35+,37-/m1/s1. The highest BCUT2D eigenvalue weighted by molar-refractivity contribution is 7.88. The Balaban J connectivity index is 1.26.